The molecule has 0 saturated carbocycles. The molecule has 0 fully saturated rings. The summed E-state index contributed by atoms with van der Waals surface area (Å²) in [4.78, 5) is 12.2. The predicted molar refractivity (Wildman–Crippen MR) is 95.6 cm³/mol. The van der Waals surface area contributed by atoms with Crippen LogP contribution in [0.1, 0.15) is 21.6 Å². The Morgan fingerprint density at radius 2 is 1.80 bits per heavy atom. The van der Waals surface area contributed by atoms with Gasteiger partial charge in [-0.25, -0.2) is 0 Å². The summed E-state index contributed by atoms with van der Waals surface area (Å²) in [5, 5.41) is 22.7. The first kappa shape index (κ1) is 16.1. The molecule has 0 bridgehead atoms. The van der Waals surface area contributed by atoms with Gasteiger partial charge >= 0.3 is 0 Å². The standard InChI is InChI=1S/C19H15N5O/c1-13-4-2-6-15(10-13)22-19(25)17-8-9-18(24-23-17)21-16-7-3-5-14(11-16)12-20/h2-11H,1H3,(H,21,24)(H,22,25). The number of anilines is 3. The van der Waals surface area contributed by atoms with Crippen molar-refractivity contribution in [3.63, 3.8) is 0 Å². The molecule has 3 aromatic rings. The van der Waals surface area contributed by atoms with E-state index in [4.69, 9.17) is 5.26 Å². The molecule has 25 heavy (non-hydrogen) atoms. The summed E-state index contributed by atoms with van der Waals surface area (Å²) < 4.78 is 0. The van der Waals surface area contributed by atoms with Crippen molar-refractivity contribution < 1.29 is 4.79 Å². The molecule has 6 nitrogen and oxygen atoms in total. The van der Waals surface area contributed by atoms with Gasteiger partial charge in [-0.2, -0.15) is 5.26 Å². The molecule has 0 atom stereocenters. The molecule has 0 aliphatic carbocycles. The van der Waals surface area contributed by atoms with E-state index < -0.39 is 0 Å². The minimum absolute atomic E-state index is 0.220. The number of hydrogen-bond donors (Lipinski definition) is 2. The van der Waals surface area contributed by atoms with E-state index in [1.165, 1.54) is 0 Å². The molecule has 0 unspecified atom stereocenters. The van der Waals surface area contributed by atoms with E-state index in [1.54, 1.807) is 30.3 Å². The van der Waals surface area contributed by atoms with Crippen LogP contribution in [-0.4, -0.2) is 16.1 Å². The van der Waals surface area contributed by atoms with Gasteiger partial charge in [-0.15, -0.1) is 10.2 Å². The molecule has 2 N–H and O–H groups in total. The quantitative estimate of drug-likeness (QED) is 0.762. The molecule has 0 aliphatic rings. The molecule has 0 radical (unpaired) electrons. The van der Waals surface area contributed by atoms with Crippen molar-refractivity contribution in [3.05, 3.63) is 77.5 Å². The van der Waals surface area contributed by atoms with Crippen LogP contribution in [0, 0.1) is 18.3 Å². The Hall–Kier alpha value is -3.72. The molecule has 0 aliphatic heterocycles. The van der Waals surface area contributed by atoms with E-state index in [2.05, 4.69) is 26.9 Å². The average Bonchev–Trinajstić information content (AvgIpc) is 2.62. The first-order chi connectivity index (χ1) is 12.1. The number of nitrogens with one attached hydrogen (secondary N) is 2. The lowest BCUT2D eigenvalue weighted by Crippen LogP contribution is -2.14. The summed E-state index contributed by atoms with van der Waals surface area (Å²) in [7, 11) is 0. The molecule has 6 heteroatoms. The van der Waals surface area contributed by atoms with Gasteiger partial charge in [-0.1, -0.05) is 18.2 Å². The zero-order valence-corrected chi connectivity index (χ0v) is 13.5. The van der Waals surface area contributed by atoms with Crippen LogP contribution in [0.4, 0.5) is 17.2 Å². The van der Waals surface area contributed by atoms with E-state index in [0.29, 0.717) is 17.1 Å². The molecule has 3 rings (SSSR count). The number of nitriles is 1. The first-order valence-corrected chi connectivity index (χ1v) is 7.63. The van der Waals surface area contributed by atoms with Crippen molar-refractivity contribution >= 4 is 23.1 Å². The molecule has 122 valence electrons. The van der Waals surface area contributed by atoms with E-state index in [1.807, 2.05) is 37.3 Å². The lowest BCUT2D eigenvalue weighted by molar-refractivity contribution is 0.102. The topological polar surface area (TPSA) is 90.7 Å². The van der Waals surface area contributed by atoms with Crippen LogP contribution in [0.5, 0.6) is 0 Å². The molecule has 1 amide bonds. The summed E-state index contributed by atoms with van der Waals surface area (Å²) in [6.45, 7) is 1.96. The Balaban J connectivity index is 1.69. The second-order valence-electron chi connectivity index (χ2n) is 5.45. The van der Waals surface area contributed by atoms with Gasteiger partial charge in [-0.05, 0) is 55.0 Å². The highest BCUT2D eigenvalue weighted by molar-refractivity contribution is 6.02. The van der Waals surface area contributed by atoms with Crippen LogP contribution in [0.2, 0.25) is 0 Å². The normalized spacial score (nSPS) is 9.92. The second kappa shape index (κ2) is 7.23. The third-order valence-electron chi connectivity index (χ3n) is 3.44. The Kier molecular flexibility index (Phi) is 4.67. The minimum atomic E-state index is -0.323. The van der Waals surface area contributed by atoms with Crippen molar-refractivity contribution in [3.8, 4) is 6.07 Å². The number of hydrogen-bond acceptors (Lipinski definition) is 5. The smallest absolute Gasteiger partial charge is 0.276 e. The number of amides is 1. The molecule has 2 aromatic carbocycles. The predicted octanol–water partition coefficient (Wildman–Crippen LogP) is 3.65. The van der Waals surface area contributed by atoms with Crippen LogP contribution < -0.4 is 10.6 Å². The number of aryl methyl sites for hydroxylation is 1. The van der Waals surface area contributed by atoms with Crippen molar-refractivity contribution in [1.29, 1.82) is 5.26 Å². The number of nitrogens with zero attached hydrogens (tertiary/aromatic N) is 3. The monoisotopic (exact) mass is 329 g/mol. The molecule has 0 saturated heterocycles. The maximum Gasteiger partial charge on any atom is 0.276 e. The number of carbonyl (C=O) groups is 1. The Morgan fingerprint density at radius 3 is 2.52 bits per heavy atom. The number of carbonyl (C=O) groups excluding carboxylic acids is 1. The summed E-state index contributed by atoms with van der Waals surface area (Å²) in [5.74, 6) is 0.165. The van der Waals surface area contributed by atoms with Crippen molar-refractivity contribution in [2.24, 2.45) is 0 Å². The van der Waals surface area contributed by atoms with Gasteiger partial charge in [0.2, 0.25) is 0 Å². The fourth-order valence-electron chi connectivity index (χ4n) is 2.25. The maximum absolute atomic E-state index is 12.2. The minimum Gasteiger partial charge on any atom is -0.339 e. The molecule has 1 heterocycles. The maximum atomic E-state index is 12.2. The molecule has 1 aromatic heterocycles. The van der Waals surface area contributed by atoms with Crippen molar-refractivity contribution in [2.75, 3.05) is 10.6 Å². The highest BCUT2D eigenvalue weighted by Crippen LogP contribution is 2.16. The van der Waals surface area contributed by atoms with Crippen LogP contribution in [0.15, 0.2) is 60.7 Å². The van der Waals surface area contributed by atoms with Crippen LogP contribution in [0.3, 0.4) is 0 Å². The fourth-order valence-corrected chi connectivity index (χ4v) is 2.25. The highest BCUT2D eigenvalue weighted by Gasteiger charge is 2.09. The van der Waals surface area contributed by atoms with Gasteiger partial charge in [0, 0.05) is 11.4 Å². The summed E-state index contributed by atoms with van der Waals surface area (Å²) in [6.07, 6.45) is 0. The lowest BCUT2D eigenvalue weighted by Gasteiger charge is -2.07. The van der Waals surface area contributed by atoms with Gasteiger partial charge in [-0.3, -0.25) is 4.79 Å². The molecular formula is C19H15N5O. The van der Waals surface area contributed by atoms with Gasteiger partial charge in [0.15, 0.2) is 11.5 Å². The van der Waals surface area contributed by atoms with E-state index in [0.717, 1.165) is 11.3 Å². The van der Waals surface area contributed by atoms with Crippen LogP contribution in [-0.2, 0) is 0 Å². The number of aromatic nitrogens is 2. The SMILES string of the molecule is Cc1cccc(NC(=O)c2ccc(Nc3cccc(C#N)c3)nn2)c1. The fraction of sp³-hybridized carbons (Fsp3) is 0.0526. The first-order valence-electron chi connectivity index (χ1n) is 7.63. The molecule has 0 spiro atoms. The average molecular weight is 329 g/mol. The van der Waals surface area contributed by atoms with Crippen molar-refractivity contribution in [1.82, 2.24) is 10.2 Å². The van der Waals surface area contributed by atoms with Gasteiger partial charge < -0.3 is 10.6 Å². The third-order valence-corrected chi connectivity index (χ3v) is 3.44. The summed E-state index contributed by atoms with van der Waals surface area (Å²) >= 11 is 0. The zero-order valence-electron chi connectivity index (χ0n) is 13.5. The van der Waals surface area contributed by atoms with Gasteiger partial charge in [0.25, 0.3) is 5.91 Å². The van der Waals surface area contributed by atoms with Crippen LogP contribution >= 0.6 is 0 Å². The third kappa shape index (κ3) is 4.18. The Bertz CT molecular complexity index is 945. The molecular weight excluding hydrogens is 314 g/mol. The highest BCUT2D eigenvalue weighted by atomic mass is 16.1. The van der Waals surface area contributed by atoms with Crippen molar-refractivity contribution in [2.45, 2.75) is 6.92 Å². The Morgan fingerprint density at radius 1 is 1.00 bits per heavy atom. The number of benzene rings is 2. The van der Waals surface area contributed by atoms with Gasteiger partial charge in [0.1, 0.15) is 0 Å². The van der Waals surface area contributed by atoms with E-state index >= 15 is 0 Å². The Labute approximate surface area is 145 Å². The number of rotatable bonds is 4. The lowest BCUT2D eigenvalue weighted by atomic mass is 10.2. The summed E-state index contributed by atoms with van der Waals surface area (Å²) in [5.41, 5.74) is 3.26. The largest absolute Gasteiger partial charge is 0.339 e. The van der Waals surface area contributed by atoms with E-state index in [9.17, 15) is 4.79 Å². The zero-order chi connectivity index (χ0) is 17.6. The van der Waals surface area contributed by atoms with Gasteiger partial charge in [0.05, 0.1) is 11.6 Å². The summed E-state index contributed by atoms with van der Waals surface area (Å²) in [6, 6.07) is 19.9. The van der Waals surface area contributed by atoms with E-state index in [-0.39, 0.29) is 11.6 Å². The van der Waals surface area contributed by atoms with Crippen LogP contribution in [0.25, 0.3) is 0 Å². The second-order valence-corrected chi connectivity index (χ2v) is 5.45.